The van der Waals surface area contributed by atoms with E-state index in [-0.39, 0.29) is 37.5 Å². The van der Waals surface area contributed by atoms with Gasteiger partial charge in [-0.2, -0.15) is 8.42 Å². The van der Waals surface area contributed by atoms with Crippen molar-refractivity contribution in [1.82, 2.24) is 0 Å². The Bertz CT molecular complexity index is 156. The maximum atomic E-state index is 11.3. The Morgan fingerprint density at radius 3 is 2.10 bits per heavy atom. The van der Waals surface area contributed by atoms with Crippen LogP contribution in [0.15, 0.2) is 0 Å². The van der Waals surface area contributed by atoms with Crippen LogP contribution < -0.4 is 0 Å². The van der Waals surface area contributed by atoms with E-state index in [0.29, 0.717) is 0 Å². The fraction of sp³-hybridized carbons (Fsp3) is 1.00. The fourth-order valence-electron chi connectivity index (χ4n) is 0.379. The van der Waals surface area contributed by atoms with E-state index in [4.69, 9.17) is 4.55 Å². The molecule has 0 saturated carbocycles. The van der Waals surface area contributed by atoms with Crippen molar-refractivity contribution in [2.45, 2.75) is 12.8 Å². The molecular weight excluding hydrogens is 154 g/mol. The number of hydrogen-bond donors (Lipinski definition) is 1. The van der Waals surface area contributed by atoms with Gasteiger partial charge in [0.1, 0.15) is 0 Å². The van der Waals surface area contributed by atoms with Crippen LogP contribution in [-0.4, -0.2) is 44.3 Å². The van der Waals surface area contributed by atoms with Gasteiger partial charge in [0.25, 0.3) is 10.1 Å². The molecule has 0 aliphatic heterocycles. The van der Waals surface area contributed by atoms with E-state index in [0.717, 1.165) is 0 Å². The first-order valence-electron chi connectivity index (χ1n) is 2.57. The molecule has 58 valence electrons. The van der Waals surface area contributed by atoms with Crippen LogP contribution in [0.25, 0.3) is 0 Å². The van der Waals surface area contributed by atoms with Gasteiger partial charge in [-0.05, 0) is 12.8 Å². The van der Waals surface area contributed by atoms with Gasteiger partial charge in [0.2, 0.25) is 0 Å². The molecule has 0 unspecified atom stereocenters. The topological polar surface area (TPSA) is 54.4 Å². The predicted molar refractivity (Wildman–Crippen MR) is 38.8 cm³/mol. The second kappa shape index (κ2) is 6.17. The molecule has 0 aliphatic carbocycles. The zero-order valence-electron chi connectivity index (χ0n) is 4.88. The molecule has 0 spiro atoms. The van der Waals surface area contributed by atoms with Crippen molar-refractivity contribution < 1.29 is 17.4 Å². The van der Waals surface area contributed by atoms with Crippen LogP contribution in [0, 0.1) is 0 Å². The maximum absolute atomic E-state index is 11.3. The number of rotatable bonds is 4. The van der Waals surface area contributed by atoms with Gasteiger partial charge in [0.05, 0.1) is 12.4 Å². The summed E-state index contributed by atoms with van der Waals surface area (Å²) in [4.78, 5) is 0. The Morgan fingerprint density at radius 1 is 1.30 bits per heavy atom. The molecule has 6 heteroatoms. The Morgan fingerprint density at radius 2 is 1.80 bits per heavy atom. The first-order valence-corrected chi connectivity index (χ1v) is 4.18. The summed E-state index contributed by atoms with van der Waals surface area (Å²) in [5.74, 6) is -0.336. The van der Waals surface area contributed by atoms with Crippen LogP contribution >= 0.6 is 0 Å². The number of halogens is 1. The van der Waals surface area contributed by atoms with E-state index in [1.807, 2.05) is 0 Å². The first kappa shape index (κ1) is 13.1. The van der Waals surface area contributed by atoms with Crippen molar-refractivity contribution in [2.24, 2.45) is 0 Å². The molecule has 0 fully saturated rings. The van der Waals surface area contributed by atoms with Crippen molar-refractivity contribution in [2.75, 3.05) is 12.4 Å². The van der Waals surface area contributed by atoms with Gasteiger partial charge in [0, 0.05) is 0 Å². The normalized spacial score (nSPS) is 10.6. The summed E-state index contributed by atoms with van der Waals surface area (Å²) < 4.78 is 39.3. The molecule has 0 aromatic rings. The van der Waals surface area contributed by atoms with Crippen molar-refractivity contribution >= 4 is 29.0 Å². The van der Waals surface area contributed by atoms with Gasteiger partial charge in [-0.25, -0.2) is 0 Å². The zero-order chi connectivity index (χ0) is 7.33. The van der Waals surface area contributed by atoms with Crippen LogP contribution in [0.2, 0.25) is 0 Å². The van der Waals surface area contributed by atoms with Crippen molar-refractivity contribution in [1.29, 1.82) is 0 Å². The summed E-state index contributed by atoms with van der Waals surface area (Å²) in [6.07, 6.45) is 0.384. The SMILES string of the molecule is O=S(=O)(O)CCCCF.[LiH]. The average molecular weight is 164 g/mol. The Kier molecular flexibility index (Phi) is 8.05. The minimum atomic E-state index is -3.86. The molecule has 10 heavy (non-hydrogen) atoms. The van der Waals surface area contributed by atoms with Gasteiger partial charge >= 0.3 is 18.9 Å². The molecule has 0 saturated heterocycles. The van der Waals surface area contributed by atoms with Crippen LogP contribution in [0.4, 0.5) is 4.39 Å². The zero-order valence-corrected chi connectivity index (χ0v) is 5.69. The molecule has 0 amide bonds. The molecule has 3 nitrogen and oxygen atoms in total. The second-order valence-electron chi connectivity index (χ2n) is 1.68. The van der Waals surface area contributed by atoms with Crippen LogP contribution in [0.1, 0.15) is 12.8 Å². The molecular formula is C4H10FLiO3S. The molecule has 0 heterocycles. The van der Waals surface area contributed by atoms with Gasteiger partial charge in [0.15, 0.2) is 0 Å². The van der Waals surface area contributed by atoms with Gasteiger partial charge < -0.3 is 0 Å². The van der Waals surface area contributed by atoms with E-state index >= 15 is 0 Å². The number of unbranched alkanes of at least 4 members (excludes halogenated alkanes) is 1. The number of alkyl halides is 1. The standard InChI is InChI=1S/C4H9FO3S.Li.H/c5-3-1-2-4-9(6,7)8;;/h1-4H2,(H,6,7,8);;. The third kappa shape index (κ3) is 11.3. The summed E-state index contributed by atoms with van der Waals surface area (Å²) in [5.41, 5.74) is 0. The fourth-order valence-corrected chi connectivity index (χ4v) is 0.948. The summed E-state index contributed by atoms with van der Waals surface area (Å²) in [6, 6.07) is 0. The molecule has 0 aromatic carbocycles. The Balaban J connectivity index is 0. The average Bonchev–Trinajstić information content (AvgIpc) is 1.63. The summed E-state index contributed by atoms with van der Waals surface area (Å²) in [7, 11) is -3.86. The molecule has 0 atom stereocenters. The third-order valence-corrected chi connectivity index (χ3v) is 1.59. The van der Waals surface area contributed by atoms with Crippen LogP contribution in [-0.2, 0) is 10.1 Å². The quantitative estimate of drug-likeness (QED) is 0.361. The van der Waals surface area contributed by atoms with Crippen molar-refractivity contribution in [3.63, 3.8) is 0 Å². The summed E-state index contributed by atoms with van der Waals surface area (Å²) >= 11 is 0. The van der Waals surface area contributed by atoms with Crippen LogP contribution in [0.5, 0.6) is 0 Å². The monoisotopic (exact) mass is 164 g/mol. The Labute approximate surface area is 71.9 Å². The molecule has 0 aromatic heterocycles. The molecule has 0 rings (SSSR count). The van der Waals surface area contributed by atoms with Gasteiger partial charge in [-0.1, -0.05) is 0 Å². The summed E-state index contributed by atoms with van der Waals surface area (Å²) in [5, 5.41) is 0. The van der Waals surface area contributed by atoms with Crippen LogP contribution in [0.3, 0.4) is 0 Å². The summed E-state index contributed by atoms with van der Waals surface area (Å²) in [6.45, 7) is -0.532. The first-order chi connectivity index (χ1) is 4.06. The van der Waals surface area contributed by atoms with Crippen molar-refractivity contribution in [3.8, 4) is 0 Å². The van der Waals surface area contributed by atoms with Crippen molar-refractivity contribution in [3.05, 3.63) is 0 Å². The predicted octanol–water partition coefficient (Wildman–Crippen LogP) is -0.0246. The Hall–Kier alpha value is 0.437. The third-order valence-electron chi connectivity index (χ3n) is 0.786. The minimum absolute atomic E-state index is 0. The van der Waals surface area contributed by atoms with E-state index < -0.39 is 16.8 Å². The molecule has 0 bridgehead atoms. The molecule has 0 aliphatic rings. The van der Waals surface area contributed by atoms with E-state index in [9.17, 15) is 12.8 Å². The van der Waals surface area contributed by atoms with Gasteiger partial charge in [-0.3, -0.25) is 8.94 Å². The van der Waals surface area contributed by atoms with Gasteiger partial charge in [-0.15, -0.1) is 0 Å². The molecule has 0 radical (unpaired) electrons. The van der Waals surface area contributed by atoms with E-state index in [1.54, 1.807) is 0 Å². The van der Waals surface area contributed by atoms with E-state index in [1.165, 1.54) is 0 Å². The second-order valence-corrected chi connectivity index (χ2v) is 3.25. The number of hydrogen-bond acceptors (Lipinski definition) is 2. The van der Waals surface area contributed by atoms with E-state index in [2.05, 4.69) is 0 Å². The molecule has 1 N–H and O–H groups in total.